The molecule has 9 nitrogen and oxygen atoms in total. The summed E-state index contributed by atoms with van der Waals surface area (Å²) in [5.74, 6) is 2.72. The molecule has 0 spiro atoms. The molecule has 1 aromatic heterocycles. The molecule has 0 amide bonds. The zero-order valence-electron chi connectivity index (χ0n) is 22.2. The minimum Gasteiger partial charge on any atom is -0.480 e. The summed E-state index contributed by atoms with van der Waals surface area (Å²) in [4.78, 5) is 26.2. The second kappa shape index (κ2) is 11.5. The van der Waals surface area contributed by atoms with Crippen LogP contribution in [0.4, 0.5) is 0 Å². The van der Waals surface area contributed by atoms with Crippen LogP contribution < -0.4 is 0 Å². The molecular formula is C29H39N5O4. The van der Waals surface area contributed by atoms with Crippen molar-refractivity contribution in [2.24, 2.45) is 10.9 Å². The van der Waals surface area contributed by atoms with Gasteiger partial charge in [0, 0.05) is 39.2 Å². The number of carboxylic acid groups (broad SMARTS) is 1. The second-order valence-corrected chi connectivity index (χ2v) is 11.1. The Bertz CT molecular complexity index is 1200. The van der Waals surface area contributed by atoms with E-state index in [2.05, 4.69) is 20.4 Å². The lowest BCUT2D eigenvalue weighted by Crippen LogP contribution is -2.45. The molecule has 1 aromatic carbocycles. The number of fused-ring (bicyclic) bond motifs is 1. The van der Waals surface area contributed by atoms with Crippen LogP contribution in [0.25, 0.3) is 11.0 Å². The number of allylic oxidation sites excluding steroid dienone is 1. The number of hydrogen-bond acceptors (Lipinski definition) is 7. The van der Waals surface area contributed by atoms with Gasteiger partial charge in [0.25, 0.3) is 0 Å². The largest absolute Gasteiger partial charge is 0.480 e. The van der Waals surface area contributed by atoms with Crippen LogP contribution in [-0.4, -0.2) is 81.8 Å². The molecule has 4 aliphatic rings. The molecule has 1 saturated carbocycles. The van der Waals surface area contributed by atoms with Crippen molar-refractivity contribution in [2.75, 3.05) is 39.4 Å². The maximum atomic E-state index is 11.6. The Morgan fingerprint density at radius 1 is 1.11 bits per heavy atom. The molecule has 1 atom stereocenters. The monoisotopic (exact) mass is 521 g/mol. The minimum atomic E-state index is -0.917. The van der Waals surface area contributed by atoms with Gasteiger partial charge in [-0.15, -0.1) is 0 Å². The van der Waals surface area contributed by atoms with Gasteiger partial charge in [-0.1, -0.05) is 19.3 Å². The predicted octanol–water partition coefficient (Wildman–Crippen LogP) is 4.27. The number of aliphatic imine (C=N–C) groups is 1. The smallest absolute Gasteiger partial charge is 0.335 e. The molecule has 1 aliphatic carbocycles. The number of ether oxygens (including phenoxy) is 2. The van der Waals surface area contributed by atoms with Gasteiger partial charge in [-0.3, -0.25) is 4.90 Å². The molecule has 4 heterocycles. The lowest BCUT2D eigenvalue weighted by Gasteiger charge is -2.36. The number of nitrogens with zero attached hydrogens (tertiary/aromatic N) is 5. The van der Waals surface area contributed by atoms with E-state index in [1.807, 2.05) is 6.07 Å². The van der Waals surface area contributed by atoms with Crippen LogP contribution in [0.15, 0.2) is 35.1 Å². The fraction of sp³-hybridized carbons (Fsp3) is 0.621. The maximum absolute atomic E-state index is 11.6. The Kier molecular flexibility index (Phi) is 7.65. The summed E-state index contributed by atoms with van der Waals surface area (Å²) in [6.45, 7) is 6.74. The molecule has 9 heteroatoms. The molecule has 6 rings (SSSR count). The van der Waals surface area contributed by atoms with Crippen molar-refractivity contribution in [3.63, 3.8) is 0 Å². The number of carboxylic acids is 1. The Hall–Kier alpha value is -2.91. The van der Waals surface area contributed by atoms with Crippen molar-refractivity contribution in [1.82, 2.24) is 19.4 Å². The number of carbonyl (C=O) groups is 1. The first-order valence-corrected chi connectivity index (χ1v) is 14.3. The van der Waals surface area contributed by atoms with Crippen molar-refractivity contribution in [3.8, 4) is 0 Å². The highest BCUT2D eigenvalue weighted by molar-refractivity contribution is 5.92. The predicted molar refractivity (Wildman–Crippen MR) is 145 cm³/mol. The van der Waals surface area contributed by atoms with Crippen LogP contribution in [0.5, 0.6) is 0 Å². The Morgan fingerprint density at radius 3 is 2.66 bits per heavy atom. The normalized spacial score (nSPS) is 23.2. The first-order valence-electron chi connectivity index (χ1n) is 14.3. The fourth-order valence-electron chi connectivity index (χ4n) is 6.02. The van der Waals surface area contributed by atoms with Crippen molar-refractivity contribution >= 4 is 22.9 Å². The lowest BCUT2D eigenvalue weighted by atomic mass is 9.90. The molecular weight excluding hydrogens is 482 g/mol. The molecule has 38 heavy (non-hydrogen) atoms. The van der Waals surface area contributed by atoms with E-state index in [0.29, 0.717) is 12.5 Å². The third-order valence-electron chi connectivity index (χ3n) is 8.45. The summed E-state index contributed by atoms with van der Waals surface area (Å²) in [6.07, 6.45) is 12.0. The number of imidazole rings is 1. The SMILES string of the molecule is O=C(O)c1ccc2nc(CN3CCN(C4=CCCC(OCC5CCCCC5)=N4)CC3)n(CC3CCO3)c2c1. The summed E-state index contributed by atoms with van der Waals surface area (Å²) in [5, 5.41) is 9.49. The van der Waals surface area contributed by atoms with Gasteiger partial charge in [-0.25, -0.2) is 14.8 Å². The van der Waals surface area contributed by atoms with Crippen molar-refractivity contribution in [1.29, 1.82) is 0 Å². The van der Waals surface area contributed by atoms with Crippen LogP contribution in [0, 0.1) is 5.92 Å². The molecule has 0 bridgehead atoms. The molecule has 204 valence electrons. The first kappa shape index (κ1) is 25.4. The number of benzene rings is 1. The van der Waals surface area contributed by atoms with E-state index in [4.69, 9.17) is 19.5 Å². The zero-order valence-corrected chi connectivity index (χ0v) is 22.2. The van der Waals surface area contributed by atoms with Crippen molar-refractivity contribution in [2.45, 2.75) is 70.6 Å². The highest BCUT2D eigenvalue weighted by Crippen LogP contribution is 2.26. The van der Waals surface area contributed by atoms with Gasteiger partial charge in [0.2, 0.25) is 0 Å². The Balaban J connectivity index is 1.08. The van der Waals surface area contributed by atoms with Crippen LogP contribution >= 0.6 is 0 Å². The van der Waals surface area contributed by atoms with E-state index < -0.39 is 5.97 Å². The number of aromatic nitrogens is 2. The standard InChI is InChI=1S/C29H39N5O4/c35-29(36)22-9-10-24-25(17-22)34(18-23-11-16-37-23)27(30-24)19-32-12-14-33(15-13-32)26-7-4-8-28(31-26)38-20-21-5-2-1-3-6-21/h7,9-10,17,21,23H,1-6,8,11-16,18-20H2,(H,35,36). The number of piperazine rings is 1. The molecule has 3 fully saturated rings. The van der Waals surface area contributed by atoms with Crippen LogP contribution in [-0.2, 0) is 22.6 Å². The van der Waals surface area contributed by atoms with Gasteiger partial charge in [-0.2, -0.15) is 0 Å². The van der Waals surface area contributed by atoms with Crippen LogP contribution in [0.2, 0.25) is 0 Å². The van der Waals surface area contributed by atoms with E-state index in [-0.39, 0.29) is 11.7 Å². The number of aromatic carboxylic acids is 1. The minimum absolute atomic E-state index is 0.169. The number of rotatable bonds is 8. The third-order valence-corrected chi connectivity index (χ3v) is 8.45. The maximum Gasteiger partial charge on any atom is 0.335 e. The third kappa shape index (κ3) is 5.73. The van der Waals surface area contributed by atoms with Gasteiger partial charge in [0.05, 0.1) is 42.4 Å². The molecule has 1 unspecified atom stereocenters. The summed E-state index contributed by atoms with van der Waals surface area (Å²) in [7, 11) is 0. The second-order valence-electron chi connectivity index (χ2n) is 11.1. The average Bonchev–Trinajstić information content (AvgIpc) is 3.26. The van der Waals surface area contributed by atoms with E-state index in [9.17, 15) is 9.90 Å². The molecule has 2 aromatic rings. The van der Waals surface area contributed by atoms with Gasteiger partial charge in [0.1, 0.15) is 11.6 Å². The fourth-order valence-corrected chi connectivity index (χ4v) is 6.02. The van der Waals surface area contributed by atoms with Crippen molar-refractivity contribution < 1.29 is 19.4 Å². The molecule has 2 saturated heterocycles. The first-order chi connectivity index (χ1) is 18.6. The van der Waals surface area contributed by atoms with Gasteiger partial charge in [-0.05, 0) is 55.9 Å². The van der Waals surface area contributed by atoms with E-state index in [1.165, 1.54) is 32.1 Å². The van der Waals surface area contributed by atoms with Gasteiger partial charge >= 0.3 is 5.97 Å². The van der Waals surface area contributed by atoms with Gasteiger partial charge in [0.15, 0.2) is 5.90 Å². The number of hydrogen-bond donors (Lipinski definition) is 1. The van der Waals surface area contributed by atoms with E-state index >= 15 is 0 Å². The Morgan fingerprint density at radius 2 is 1.92 bits per heavy atom. The van der Waals surface area contributed by atoms with Crippen LogP contribution in [0.1, 0.15) is 67.5 Å². The highest BCUT2D eigenvalue weighted by Gasteiger charge is 2.26. The lowest BCUT2D eigenvalue weighted by molar-refractivity contribution is -0.0592. The average molecular weight is 522 g/mol. The van der Waals surface area contributed by atoms with E-state index in [0.717, 1.165) is 93.8 Å². The van der Waals surface area contributed by atoms with E-state index in [1.54, 1.807) is 12.1 Å². The summed E-state index contributed by atoms with van der Waals surface area (Å²) < 4.78 is 14.0. The molecule has 3 aliphatic heterocycles. The highest BCUT2D eigenvalue weighted by atomic mass is 16.5. The summed E-state index contributed by atoms with van der Waals surface area (Å²) >= 11 is 0. The molecule has 0 radical (unpaired) electrons. The topological polar surface area (TPSA) is 92.4 Å². The zero-order chi connectivity index (χ0) is 25.9. The quantitative estimate of drug-likeness (QED) is 0.555. The van der Waals surface area contributed by atoms with Crippen LogP contribution in [0.3, 0.4) is 0 Å². The van der Waals surface area contributed by atoms with Gasteiger partial charge < -0.3 is 24.0 Å². The molecule has 1 N–H and O–H groups in total. The van der Waals surface area contributed by atoms with Crippen molar-refractivity contribution in [3.05, 3.63) is 41.5 Å². The summed E-state index contributed by atoms with van der Waals surface area (Å²) in [6, 6.07) is 5.20. The summed E-state index contributed by atoms with van der Waals surface area (Å²) in [5.41, 5.74) is 2.00. The Labute approximate surface area is 224 Å².